The Labute approximate surface area is 314 Å². The molecule has 0 spiro atoms. The van der Waals surface area contributed by atoms with Gasteiger partial charge < -0.3 is 19.3 Å². The van der Waals surface area contributed by atoms with Gasteiger partial charge in [0.1, 0.15) is 6.61 Å². The van der Waals surface area contributed by atoms with Crippen molar-refractivity contribution >= 4 is 19.8 Å². The Morgan fingerprint density at radius 1 is 0.588 bits per heavy atom. The Bertz CT molecular complexity index is 869. The summed E-state index contributed by atoms with van der Waals surface area (Å²) in [6.07, 6.45) is 35.4. The van der Waals surface area contributed by atoms with Crippen LogP contribution in [0.15, 0.2) is 12.2 Å². The van der Waals surface area contributed by atoms with Crippen LogP contribution in [0.1, 0.15) is 194 Å². The van der Waals surface area contributed by atoms with Gasteiger partial charge in [0.2, 0.25) is 0 Å². The second-order valence-electron chi connectivity index (χ2n) is 14.5. The fraction of sp³-hybridized carbons (Fsp3) is 0.902. The smallest absolute Gasteiger partial charge is 0.462 e. The summed E-state index contributed by atoms with van der Waals surface area (Å²) in [4.78, 5) is 36.9. The molecule has 51 heavy (non-hydrogen) atoms. The lowest BCUT2D eigenvalue weighted by Crippen LogP contribution is -2.29. The molecule has 0 aliphatic carbocycles. The molecule has 0 aromatic rings. The molecule has 302 valence electrons. The number of carbonyl (C=O) groups excluding carboxylic acids is 2. The molecule has 1 N–H and O–H groups in total. The van der Waals surface area contributed by atoms with Crippen LogP contribution in [0, 0.1) is 0 Å². The van der Waals surface area contributed by atoms with E-state index in [0.29, 0.717) is 19.4 Å². The second kappa shape index (κ2) is 37.1. The Hall–Kier alpha value is -1.25. The Balaban J connectivity index is 4.24. The highest BCUT2D eigenvalue weighted by atomic mass is 31.2. The standard InChI is InChI=1S/C41H80NO8P/c1-5-7-9-11-13-15-17-18-19-20-21-22-24-25-27-29-31-33-40(43)47-37-39(38-49-51(45,46)48-36-35-42(3)4)50-41(44)34-32-30-28-26-23-16-14-12-10-8-6-2/h12,14,39H,5-11,13,15-38H2,1-4H3,(H,45,46)/b14-12-. The van der Waals surface area contributed by atoms with Crippen molar-refractivity contribution in [2.75, 3.05) is 40.5 Å². The molecule has 9 nitrogen and oxygen atoms in total. The second-order valence-corrected chi connectivity index (χ2v) is 16.0. The maximum Gasteiger partial charge on any atom is 0.472 e. The van der Waals surface area contributed by atoms with Gasteiger partial charge in [-0.2, -0.15) is 0 Å². The molecule has 0 amide bonds. The highest BCUT2D eigenvalue weighted by molar-refractivity contribution is 7.47. The number of hydrogen-bond acceptors (Lipinski definition) is 8. The molecule has 0 aliphatic heterocycles. The first-order valence-corrected chi connectivity index (χ1v) is 22.5. The largest absolute Gasteiger partial charge is 0.472 e. The lowest BCUT2D eigenvalue weighted by molar-refractivity contribution is -0.161. The number of allylic oxidation sites excluding steroid dienone is 2. The zero-order valence-corrected chi connectivity index (χ0v) is 34.5. The lowest BCUT2D eigenvalue weighted by atomic mass is 10.0. The molecule has 0 aliphatic rings. The van der Waals surface area contributed by atoms with Crippen molar-refractivity contribution in [1.29, 1.82) is 0 Å². The van der Waals surface area contributed by atoms with Crippen LogP contribution in [0.3, 0.4) is 0 Å². The van der Waals surface area contributed by atoms with Crippen molar-refractivity contribution in [1.82, 2.24) is 4.90 Å². The summed E-state index contributed by atoms with van der Waals surface area (Å²) in [5.74, 6) is -0.806. The van der Waals surface area contributed by atoms with Gasteiger partial charge in [-0.25, -0.2) is 4.57 Å². The van der Waals surface area contributed by atoms with Crippen molar-refractivity contribution in [3.63, 3.8) is 0 Å². The minimum absolute atomic E-state index is 0.00865. The number of rotatable bonds is 39. The number of unbranched alkanes of at least 4 members (excludes halogenated alkanes) is 23. The number of esters is 2. The summed E-state index contributed by atoms with van der Waals surface area (Å²) in [7, 11) is -0.707. The molecule has 0 heterocycles. The quantitative estimate of drug-likeness (QED) is 0.0284. The fourth-order valence-electron chi connectivity index (χ4n) is 5.79. The molecular weight excluding hydrogens is 665 g/mol. The summed E-state index contributed by atoms with van der Waals surface area (Å²) in [5, 5.41) is 0. The van der Waals surface area contributed by atoms with Crippen LogP contribution in [0.25, 0.3) is 0 Å². The maximum absolute atomic E-state index is 12.6. The van der Waals surface area contributed by atoms with E-state index in [9.17, 15) is 19.0 Å². The van der Waals surface area contributed by atoms with E-state index in [0.717, 1.165) is 57.8 Å². The van der Waals surface area contributed by atoms with E-state index in [2.05, 4.69) is 26.0 Å². The molecule has 0 saturated carbocycles. The van der Waals surface area contributed by atoms with Crippen LogP contribution in [0.4, 0.5) is 0 Å². The number of ether oxygens (including phenoxy) is 2. The highest BCUT2D eigenvalue weighted by Gasteiger charge is 2.26. The molecule has 0 aromatic carbocycles. The van der Waals surface area contributed by atoms with Crippen molar-refractivity contribution in [2.45, 2.75) is 200 Å². The molecule has 0 rings (SSSR count). The number of likely N-dealkylation sites (N-methyl/N-ethyl adjacent to an activating group) is 1. The zero-order valence-electron chi connectivity index (χ0n) is 33.6. The van der Waals surface area contributed by atoms with Crippen LogP contribution in [0.5, 0.6) is 0 Å². The lowest BCUT2D eigenvalue weighted by Gasteiger charge is -2.20. The van der Waals surface area contributed by atoms with Crippen LogP contribution in [-0.4, -0.2) is 68.3 Å². The van der Waals surface area contributed by atoms with Gasteiger partial charge in [-0.1, -0.05) is 161 Å². The number of phosphoric ester groups is 1. The number of hydrogen-bond donors (Lipinski definition) is 1. The number of nitrogens with zero attached hydrogens (tertiary/aromatic N) is 1. The monoisotopic (exact) mass is 746 g/mol. The van der Waals surface area contributed by atoms with Crippen LogP contribution >= 0.6 is 7.82 Å². The number of carbonyl (C=O) groups is 2. The molecule has 0 fully saturated rings. The summed E-state index contributed by atoms with van der Waals surface area (Å²) in [5.41, 5.74) is 0. The SMILES string of the molecule is CCCC/C=C\CCCCCCCC(=O)OC(COC(=O)CCCCCCCCCCCCCCCCCCC)COP(=O)(O)OCCN(C)C. The van der Waals surface area contributed by atoms with E-state index >= 15 is 0 Å². The Morgan fingerprint density at radius 3 is 1.51 bits per heavy atom. The first kappa shape index (κ1) is 49.8. The van der Waals surface area contributed by atoms with Gasteiger partial charge >= 0.3 is 19.8 Å². The van der Waals surface area contributed by atoms with Gasteiger partial charge in [-0.3, -0.25) is 18.6 Å². The third-order valence-corrected chi connectivity index (χ3v) is 10.1. The predicted molar refractivity (Wildman–Crippen MR) is 211 cm³/mol. The first-order chi connectivity index (χ1) is 24.7. The van der Waals surface area contributed by atoms with E-state index in [4.69, 9.17) is 18.5 Å². The molecule has 2 atom stereocenters. The number of phosphoric acid groups is 1. The van der Waals surface area contributed by atoms with Gasteiger partial charge in [0.25, 0.3) is 0 Å². The van der Waals surface area contributed by atoms with Crippen LogP contribution in [0.2, 0.25) is 0 Å². The molecule has 2 unspecified atom stereocenters. The van der Waals surface area contributed by atoms with E-state index in [1.165, 1.54) is 103 Å². The Morgan fingerprint density at radius 2 is 1.02 bits per heavy atom. The summed E-state index contributed by atoms with van der Waals surface area (Å²) < 4.78 is 33.4. The average molecular weight is 746 g/mol. The summed E-state index contributed by atoms with van der Waals surface area (Å²) in [6, 6.07) is 0. The third kappa shape index (κ3) is 38.3. The molecular formula is C41H80NO8P. The van der Waals surface area contributed by atoms with Gasteiger partial charge in [0, 0.05) is 19.4 Å². The fourth-order valence-corrected chi connectivity index (χ4v) is 6.53. The topological polar surface area (TPSA) is 112 Å². The molecule has 0 radical (unpaired) electrons. The van der Waals surface area contributed by atoms with Gasteiger partial charge in [-0.05, 0) is 46.2 Å². The summed E-state index contributed by atoms with van der Waals surface area (Å²) >= 11 is 0. The third-order valence-electron chi connectivity index (χ3n) is 9.07. The van der Waals surface area contributed by atoms with Crippen molar-refractivity contribution in [2.24, 2.45) is 0 Å². The summed E-state index contributed by atoms with van der Waals surface area (Å²) in [6.45, 7) is 4.29. The van der Waals surface area contributed by atoms with Crippen LogP contribution < -0.4 is 0 Å². The average Bonchev–Trinajstić information content (AvgIpc) is 3.09. The first-order valence-electron chi connectivity index (χ1n) is 21.0. The van der Waals surface area contributed by atoms with Crippen molar-refractivity contribution in [3.05, 3.63) is 12.2 Å². The minimum atomic E-state index is -4.35. The molecule has 0 aromatic heterocycles. The molecule has 0 bridgehead atoms. The molecule has 0 saturated heterocycles. The van der Waals surface area contributed by atoms with E-state index in [-0.39, 0.29) is 25.6 Å². The zero-order chi connectivity index (χ0) is 37.7. The van der Waals surface area contributed by atoms with E-state index in [1.54, 1.807) is 0 Å². The van der Waals surface area contributed by atoms with Crippen molar-refractivity contribution < 1.29 is 37.6 Å². The molecule has 10 heteroatoms. The van der Waals surface area contributed by atoms with Gasteiger partial charge in [0.15, 0.2) is 6.10 Å². The van der Waals surface area contributed by atoms with Gasteiger partial charge in [0.05, 0.1) is 13.2 Å². The Kier molecular flexibility index (Phi) is 36.2. The van der Waals surface area contributed by atoms with E-state index in [1.807, 2.05) is 19.0 Å². The van der Waals surface area contributed by atoms with Crippen molar-refractivity contribution in [3.8, 4) is 0 Å². The van der Waals surface area contributed by atoms with Gasteiger partial charge in [-0.15, -0.1) is 0 Å². The maximum atomic E-state index is 12.6. The minimum Gasteiger partial charge on any atom is -0.462 e. The van der Waals surface area contributed by atoms with E-state index < -0.39 is 26.5 Å². The normalized spacial score (nSPS) is 13.5. The predicted octanol–water partition coefficient (Wildman–Crippen LogP) is 11.7. The van der Waals surface area contributed by atoms with Crippen LogP contribution in [-0.2, 0) is 32.7 Å². The highest BCUT2D eigenvalue weighted by Crippen LogP contribution is 2.43.